The predicted molar refractivity (Wildman–Crippen MR) is 88.9 cm³/mol. The largest absolute Gasteiger partial charge is 0.493 e. The van der Waals surface area contributed by atoms with E-state index in [9.17, 15) is 0 Å². The molecule has 0 amide bonds. The summed E-state index contributed by atoms with van der Waals surface area (Å²) in [7, 11) is 4.77. The van der Waals surface area contributed by atoms with E-state index in [1.54, 1.807) is 32.7 Å². The van der Waals surface area contributed by atoms with E-state index >= 15 is 0 Å². The van der Waals surface area contributed by atoms with Crippen LogP contribution in [-0.4, -0.2) is 21.3 Å². The minimum Gasteiger partial charge on any atom is -0.493 e. The van der Waals surface area contributed by atoms with E-state index in [0.717, 1.165) is 14.2 Å². The number of hydrogen-bond donors (Lipinski definition) is 1. The van der Waals surface area contributed by atoms with Crippen LogP contribution in [0.4, 0.5) is 0 Å². The zero-order chi connectivity index (χ0) is 15.6. The van der Waals surface area contributed by atoms with Crippen LogP contribution in [0.2, 0.25) is 0 Å². The summed E-state index contributed by atoms with van der Waals surface area (Å²) in [6.07, 6.45) is 0. The second-order valence-corrected chi connectivity index (χ2v) is 6.94. The number of rotatable bonds is 5. The van der Waals surface area contributed by atoms with E-state index in [4.69, 9.17) is 19.9 Å². The number of ether oxygens (including phenoxy) is 3. The fraction of sp³-hybridized carbons (Fsp3) is 0.333. The zero-order valence-electron chi connectivity index (χ0n) is 12.4. The van der Waals surface area contributed by atoms with Crippen LogP contribution in [-0.2, 0) is 0 Å². The summed E-state index contributed by atoms with van der Waals surface area (Å²) in [5.41, 5.74) is 8.47. The highest BCUT2D eigenvalue weighted by Crippen LogP contribution is 2.41. The summed E-state index contributed by atoms with van der Waals surface area (Å²) in [5.74, 6) is 1.78. The van der Waals surface area contributed by atoms with Crippen molar-refractivity contribution in [2.24, 2.45) is 5.73 Å². The molecule has 1 aromatic heterocycles. The van der Waals surface area contributed by atoms with Gasteiger partial charge in [-0.25, -0.2) is 0 Å². The minimum atomic E-state index is -0.242. The molecule has 4 nitrogen and oxygen atoms in total. The van der Waals surface area contributed by atoms with Crippen LogP contribution in [0.25, 0.3) is 0 Å². The van der Waals surface area contributed by atoms with Crippen LogP contribution in [0.1, 0.15) is 22.0 Å². The van der Waals surface area contributed by atoms with Gasteiger partial charge in [-0.2, -0.15) is 0 Å². The Balaban J connectivity index is 2.48. The zero-order valence-corrected chi connectivity index (χ0v) is 14.8. The first-order valence-electron chi connectivity index (χ1n) is 6.33. The molecule has 0 aliphatic heterocycles. The van der Waals surface area contributed by atoms with Crippen molar-refractivity contribution in [2.75, 3.05) is 21.3 Å². The molecule has 2 N–H and O–H groups in total. The molecule has 0 aliphatic carbocycles. The van der Waals surface area contributed by atoms with Gasteiger partial charge in [0.1, 0.15) is 0 Å². The third-order valence-corrected chi connectivity index (χ3v) is 5.45. The minimum absolute atomic E-state index is 0.242. The summed E-state index contributed by atoms with van der Waals surface area (Å²) in [6.45, 7) is 2.05. The highest BCUT2D eigenvalue weighted by atomic mass is 79.9. The van der Waals surface area contributed by atoms with Crippen molar-refractivity contribution < 1.29 is 14.2 Å². The first-order chi connectivity index (χ1) is 10.0. The van der Waals surface area contributed by atoms with Gasteiger partial charge in [0.15, 0.2) is 11.5 Å². The highest BCUT2D eigenvalue weighted by molar-refractivity contribution is 9.11. The molecule has 1 aromatic carbocycles. The molecule has 1 heterocycles. The maximum atomic E-state index is 6.37. The van der Waals surface area contributed by atoms with Crippen molar-refractivity contribution in [2.45, 2.75) is 13.0 Å². The Morgan fingerprint density at radius 1 is 1.05 bits per heavy atom. The topological polar surface area (TPSA) is 53.7 Å². The fourth-order valence-corrected chi connectivity index (χ4v) is 3.68. The van der Waals surface area contributed by atoms with Crippen LogP contribution in [0.15, 0.2) is 22.0 Å². The molecule has 0 radical (unpaired) electrons. The quantitative estimate of drug-likeness (QED) is 0.865. The third-order valence-electron chi connectivity index (χ3n) is 3.23. The predicted octanol–water partition coefficient (Wildman–Crippen LogP) is 3.89. The molecule has 2 aromatic rings. The van der Waals surface area contributed by atoms with Crippen molar-refractivity contribution in [3.05, 3.63) is 38.0 Å². The third kappa shape index (κ3) is 3.17. The molecular weight excluding hydrogens is 354 g/mol. The molecule has 0 aliphatic rings. The SMILES string of the molecule is COc1cc(C(N)c2cc(C)c(Br)s2)cc(OC)c1OC. The van der Waals surface area contributed by atoms with Gasteiger partial charge in [-0.05, 0) is 52.2 Å². The van der Waals surface area contributed by atoms with Gasteiger partial charge in [0.2, 0.25) is 5.75 Å². The number of aryl methyl sites for hydroxylation is 1. The first-order valence-corrected chi connectivity index (χ1v) is 7.94. The first kappa shape index (κ1) is 16.1. The van der Waals surface area contributed by atoms with Crippen molar-refractivity contribution in [1.29, 1.82) is 0 Å². The Hall–Kier alpha value is -1.24. The molecule has 1 atom stereocenters. The number of hydrogen-bond acceptors (Lipinski definition) is 5. The average Bonchev–Trinajstić information content (AvgIpc) is 2.84. The standard InChI is InChI=1S/C15H18BrNO3S/c1-8-5-12(21-15(8)16)13(17)9-6-10(18-2)14(20-4)11(7-9)19-3/h5-7,13H,17H2,1-4H3. The molecule has 21 heavy (non-hydrogen) atoms. The molecule has 1 unspecified atom stereocenters. The number of halogens is 1. The summed E-state index contributed by atoms with van der Waals surface area (Å²) in [5, 5.41) is 0. The monoisotopic (exact) mass is 371 g/mol. The lowest BCUT2D eigenvalue weighted by Gasteiger charge is -2.17. The van der Waals surface area contributed by atoms with Crippen molar-refractivity contribution in [3.8, 4) is 17.2 Å². The van der Waals surface area contributed by atoms with Crippen LogP contribution in [0, 0.1) is 6.92 Å². The van der Waals surface area contributed by atoms with E-state index in [1.165, 1.54) is 5.56 Å². The molecule has 0 bridgehead atoms. The van der Waals surface area contributed by atoms with Crippen LogP contribution in [0.5, 0.6) is 17.2 Å². The lowest BCUT2D eigenvalue weighted by molar-refractivity contribution is 0.323. The Morgan fingerprint density at radius 2 is 1.62 bits per heavy atom. The van der Waals surface area contributed by atoms with Crippen molar-refractivity contribution in [1.82, 2.24) is 0 Å². The Morgan fingerprint density at radius 3 is 2.00 bits per heavy atom. The second-order valence-electron chi connectivity index (χ2n) is 4.54. The lowest BCUT2D eigenvalue weighted by Crippen LogP contribution is -2.11. The van der Waals surface area contributed by atoms with Crippen LogP contribution in [0.3, 0.4) is 0 Å². The lowest BCUT2D eigenvalue weighted by atomic mass is 10.0. The fourth-order valence-electron chi connectivity index (χ4n) is 2.08. The summed E-state index contributed by atoms with van der Waals surface area (Å²) in [4.78, 5) is 1.08. The number of thiophene rings is 1. The Kier molecular flexibility index (Phi) is 5.13. The van der Waals surface area contributed by atoms with E-state index in [1.807, 2.05) is 19.1 Å². The summed E-state index contributed by atoms with van der Waals surface area (Å²) >= 11 is 5.16. The van der Waals surface area contributed by atoms with Crippen LogP contribution >= 0.6 is 27.3 Å². The van der Waals surface area contributed by atoms with Gasteiger partial charge in [-0.1, -0.05) is 0 Å². The molecule has 0 fully saturated rings. The normalized spacial score (nSPS) is 12.1. The van der Waals surface area contributed by atoms with Gasteiger partial charge in [0.05, 0.1) is 31.2 Å². The molecule has 6 heteroatoms. The van der Waals surface area contributed by atoms with Crippen LogP contribution < -0.4 is 19.9 Å². The van der Waals surface area contributed by atoms with E-state index < -0.39 is 0 Å². The molecule has 0 spiro atoms. The molecular formula is C15H18BrNO3S. The van der Waals surface area contributed by atoms with Gasteiger partial charge in [-0.15, -0.1) is 11.3 Å². The van der Waals surface area contributed by atoms with E-state index in [2.05, 4.69) is 22.0 Å². The van der Waals surface area contributed by atoms with Gasteiger partial charge in [0.25, 0.3) is 0 Å². The molecule has 0 saturated carbocycles. The Labute approximate surface area is 137 Å². The van der Waals surface area contributed by atoms with E-state index in [0.29, 0.717) is 17.2 Å². The number of nitrogens with two attached hydrogens (primary N) is 1. The number of methoxy groups -OCH3 is 3. The van der Waals surface area contributed by atoms with Crippen molar-refractivity contribution in [3.63, 3.8) is 0 Å². The molecule has 114 valence electrons. The summed E-state index contributed by atoms with van der Waals surface area (Å²) < 4.78 is 17.2. The smallest absolute Gasteiger partial charge is 0.203 e. The Bertz CT molecular complexity index is 597. The van der Waals surface area contributed by atoms with Gasteiger partial charge >= 0.3 is 0 Å². The summed E-state index contributed by atoms with van der Waals surface area (Å²) in [6, 6.07) is 5.61. The average molecular weight is 372 g/mol. The van der Waals surface area contributed by atoms with Gasteiger partial charge < -0.3 is 19.9 Å². The van der Waals surface area contributed by atoms with Gasteiger partial charge in [0, 0.05) is 4.88 Å². The van der Waals surface area contributed by atoms with Crippen molar-refractivity contribution >= 4 is 27.3 Å². The maximum Gasteiger partial charge on any atom is 0.203 e. The highest BCUT2D eigenvalue weighted by Gasteiger charge is 2.19. The second kappa shape index (κ2) is 6.68. The molecule has 2 rings (SSSR count). The maximum absolute atomic E-state index is 6.37. The van der Waals surface area contributed by atoms with Gasteiger partial charge in [-0.3, -0.25) is 0 Å². The number of benzene rings is 1. The molecule has 0 saturated heterocycles. The van der Waals surface area contributed by atoms with E-state index in [-0.39, 0.29) is 6.04 Å².